The zero-order valence-electron chi connectivity index (χ0n) is 12.9. The number of ether oxygens (including phenoxy) is 1. The van der Waals surface area contributed by atoms with Gasteiger partial charge >= 0.3 is 0 Å². The van der Waals surface area contributed by atoms with Crippen molar-refractivity contribution in [3.8, 4) is 16.3 Å². The van der Waals surface area contributed by atoms with Crippen molar-refractivity contribution < 1.29 is 9.57 Å². The average molecular weight is 338 g/mol. The molecule has 7 heteroatoms. The van der Waals surface area contributed by atoms with Gasteiger partial charge in [0.25, 0.3) is 0 Å². The van der Waals surface area contributed by atoms with Gasteiger partial charge in [-0.15, -0.1) is 11.3 Å². The van der Waals surface area contributed by atoms with Gasteiger partial charge in [0, 0.05) is 11.8 Å². The number of oxime groups is 1. The molecule has 2 aromatic heterocycles. The highest BCUT2D eigenvalue weighted by Crippen LogP contribution is 2.39. The van der Waals surface area contributed by atoms with Gasteiger partial charge in [-0.3, -0.25) is 0 Å². The van der Waals surface area contributed by atoms with Gasteiger partial charge in [-0.2, -0.15) is 0 Å². The molecule has 1 aromatic carbocycles. The Hall–Kier alpha value is -2.80. The van der Waals surface area contributed by atoms with Gasteiger partial charge in [0.1, 0.15) is 11.3 Å². The van der Waals surface area contributed by atoms with E-state index in [1.807, 2.05) is 43.5 Å². The molecule has 6 nitrogen and oxygen atoms in total. The van der Waals surface area contributed by atoms with Crippen molar-refractivity contribution >= 4 is 17.2 Å². The van der Waals surface area contributed by atoms with Crippen LogP contribution in [0, 0.1) is 0 Å². The van der Waals surface area contributed by atoms with E-state index in [9.17, 15) is 0 Å². The SMILES string of the molecule is C[C@@]1(c2cnc(-c3ccccc3)s2)CC(Oc2cncnc2)=NO1. The van der Waals surface area contributed by atoms with Crippen LogP contribution in [-0.2, 0) is 10.4 Å². The van der Waals surface area contributed by atoms with Crippen molar-refractivity contribution in [2.75, 3.05) is 0 Å². The first-order valence-electron chi connectivity index (χ1n) is 7.43. The molecule has 0 unspecified atom stereocenters. The van der Waals surface area contributed by atoms with E-state index in [1.54, 1.807) is 23.7 Å². The largest absolute Gasteiger partial charge is 0.436 e. The summed E-state index contributed by atoms with van der Waals surface area (Å²) < 4.78 is 5.67. The minimum absolute atomic E-state index is 0.502. The fraction of sp³-hybridized carbons (Fsp3) is 0.176. The summed E-state index contributed by atoms with van der Waals surface area (Å²) in [6.45, 7) is 1.98. The predicted molar refractivity (Wildman–Crippen MR) is 90.7 cm³/mol. The number of thiazole rings is 1. The zero-order chi connectivity index (χ0) is 16.4. The predicted octanol–water partition coefficient (Wildman–Crippen LogP) is 3.63. The Bertz CT molecular complexity index is 867. The fourth-order valence-corrected chi connectivity index (χ4v) is 3.40. The van der Waals surface area contributed by atoms with Crippen LogP contribution in [-0.4, -0.2) is 20.8 Å². The Morgan fingerprint density at radius 2 is 1.92 bits per heavy atom. The maximum absolute atomic E-state index is 5.67. The molecule has 3 aromatic rings. The van der Waals surface area contributed by atoms with E-state index in [2.05, 4.69) is 20.1 Å². The molecule has 1 aliphatic heterocycles. The number of aromatic nitrogens is 3. The normalized spacial score (nSPS) is 19.6. The monoisotopic (exact) mass is 338 g/mol. The highest BCUT2D eigenvalue weighted by atomic mass is 32.1. The summed E-state index contributed by atoms with van der Waals surface area (Å²) in [5, 5.41) is 5.02. The summed E-state index contributed by atoms with van der Waals surface area (Å²) in [5.41, 5.74) is 0.518. The van der Waals surface area contributed by atoms with Gasteiger partial charge in [0.05, 0.1) is 23.7 Å². The molecule has 0 bridgehead atoms. The maximum Gasteiger partial charge on any atom is 0.235 e. The van der Waals surface area contributed by atoms with Crippen LogP contribution in [0.5, 0.6) is 5.75 Å². The van der Waals surface area contributed by atoms with E-state index >= 15 is 0 Å². The lowest BCUT2D eigenvalue weighted by molar-refractivity contribution is -0.00463. The van der Waals surface area contributed by atoms with Gasteiger partial charge in [-0.1, -0.05) is 35.5 Å². The highest BCUT2D eigenvalue weighted by Gasteiger charge is 2.39. The minimum atomic E-state index is -0.574. The number of hydrogen-bond donors (Lipinski definition) is 0. The lowest BCUT2D eigenvalue weighted by Crippen LogP contribution is -2.21. The molecular weight excluding hydrogens is 324 g/mol. The van der Waals surface area contributed by atoms with Crippen LogP contribution < -0.4 is 4.74 Å². The Labute approximate surface area is 142 Å². The average Bonchev–Trinajstić information content (AvgIpc) is 3.25. The van der Waals surface area contributed by atoms with Crippen molar-refractivity contribution in [3.05, 3.63) is 60.1 Å². The third-order valence-electron chi connectivity index (χ3n) is 3.66. The van der Waals surface area contributed by atoms with Crippen molar-refractivity contribution in [2.45, 2.75) is 18.9 Å². The number of rotatable bonds is 3. The first-order chi connectivity index (χ1) is 11.7. The molecule has 120 valence electrons. The molecule has 1 aliphatic rings. The Morgan fingerprint density at radius 1 is 1.12 bits per heavy atom. The summed E-state index contributed by atoms with van der Waals surface area (Å²) in [5.74, 6) is 1.04. The van der Waals surface area contributed by atoms with Crippen LogP contribution in [0.4, 0.5) is 0 Å². The molecule has 3 heterocycles. The molecule has 4 rings (SSSR count). The van der Waals surface area contributed by atoms with Crippen LogP contribution in [0.15, 0.2) is 60.4 Å². The lowest BCUT2D eigenvalue weighted by atomic mass is 10.0. The van der Waals surface area contributed by atoms with Gasteiger partial charge < -0.3 is 9.57 Å². The molecule has 0 saturated heterocycles. The van der Waals surface area contributed by atoms with E-state index in [-0.39, 0.29) is 0 Å². The second-order valence-electron chi connectivity index (χ2n) is 5.56. The molecule has 0 radical (unpaired) electrons. The highest BCUT2D eigenvalue weighted by molar-refractivity contribution is 7.15. The van der Waals surface area contributed by atoms with Crippen molar-refractivity contribution in [3.63, 3.8) is 0 Å². The van der Waals surface area contributed by atoms with Gasteiger partial charge in [-0.05, 0) is 6.92 Å². The summed E-state index contributed by atoms with van der Waals surface area (Å²) in [6, 6.07) is 10.1. The molecule has 1 atom stereocenters. The van der Waals surface area contributed by atoms with Crippen LogP contribution in [0.25, 0.3) is 10.6 Å². The van der Waals surface area contributed by atoms with Crippen LogP contribution >= 0.6 is 11.3 Å². The van der Waals surface area contributed by atoms with Crippen molar-refractivity contribution in [1.82, 2.24) is 15.0 Å². The molecule has 0 amide bonds. The molecule has 0 saturated carbocycles. The smallest absolute Gasteiger partial charge is 0.235 e. The van der Waals surface area contributed by atoms with E-state index < -0.39 is 5.60 Å². The number of hydrogen-bond acceptors (Lipinski definition) is 7. The molecule has 24 heavy (non-hydrogen) atoms. The summed E-state index contributed by atoms with van der Waals surface area (Å²) in [4.78, 5) is 19.0. The third-order valence-corrected chi connectivity index (χ3v) is 4.95. The summed E-state index contributed by atoms with van der Waals surface area (Å²) >= 11 is 1.60. The van der Waals surface area contributed by atoms with E-state index in [1.165, 1.54) is 6.33 Å². The Morgan fingerprint density at radius 3 is 2.71 bits per heavy atom. The van der Waals surface area contributed by atoms with E-state index in [0.717, 1.165) is 15.4 Å². The molecular formula is C17H14N4O2S. The molecule has 0 spiro atoms. The lowest BCUT2D eigenvalue weighted by Gasteiger charge is -2.18. The first-order valence-corrected chi connectivity index (χ1v) is 8.24. The summed E-state index contributed by atoms with van der Waals surface area (Å²) in [6.07, 6.45) is 7.00. The van der Waals surface area contributed by atoms with Crippen LogP contribution in [0.3, 0.4) is 0 Å². The van der Waals surface area contributed by atoms with E-state index in [0.29, 0.717) is 18.1 Å². The molecule has 0 N–H and O–H groups in total. The number of benzene rings is 1. The van der Waals surface area contributed by atoms with E-state index in [4.69, 9.17) is 9.57 Å². The number of nitrogens with zero attached hydrogens (tertiary/aromatic N) is 4. The first kappa shape index (κ1) is 14.8. The minimum Gasteiger partial charge on any atom is -0.436 e. The molecule has 0 fully saturated rings. The van der Waals surface area contributed by atoms with Gasteiger partial charge in [-0.25, -0.2) is 15.0 Å². The maximum atomic E-state index is 5.67. The quantitative estimate of drug-likeness (QED) is 0.729. The topological polar surface area (TPSA) is 69.5 Å². The van der Waals surface area contributed by atoms with Crippen molar-refractivity contribution in [1.29, 1.82) is 0 Å². The zero-order valence-corrected chi connectivity index (χ0v) is 13.7. The second kappa shape index (κ2) is 6.01. The summed E-state index contributed by atoms with van der Waals surface area (Å²) in [7, 11) is 0. The van der Waals surface area contributed by atoms with Crippen molar-refractivity contribution in [2.24, 2.45) is 5.16 Å². The standard InChI is InChI=1S/C17H14N4O2S/c1-17(7-15(21-23-17)22-13-8-18-11-19-9-13)14-10-20-16(24-14)12-5-3-2-4-6-12/h2-6,8-11H,7H2,1H3/t17-/m0/s1. The fourth-order valence-electron chi connectivity index (χ4n) is 2.40. The van der Waals surface area contributed by atoms with Gasteiger partial charge in [0.2, 0.25) is 5.90 Å². The Kier molecular flexibility index (Phi) is 3.70. The third kappa shape index (κ3) is 2.85. The van der Waals surface area contributed by atoms with Crippen LogP contribution in [0.1, 0.15) is 18.2 Å². The van der Waals surface area contributed by atoms with Gasteiger partial charge in [0.15, 0.2) is 11.4 Å². The second-order valence-corrected chi connectivity index (χ2v) is 6.59. The Balaban J connectivity index is 1.50. The molecule has 0 aliphatic carbocycles. The van der Waals surface area contributed by atoms with Crippen LogP contribution in [0.2, 0.25) is 0 Å².